The van der Waals surface area contributed by atoms with Crippen LogP contribution in [0, 0.1) is 0 Å². The molecule has 2 aromatic rings. The van der Waals surface area contributed by atoms with Crippen LogP contribution >= 0.6 is 0 Å². The van der Waals surface area contributed by atoms with Crippen LogP contribution in [0.4, 0.5) is 5.69 Å². The van der Waals surface area contributed by atoms with Gasteiger partial charge in [0.15, 0.2) is 0 Å². The third kappa shape index (κ3) is 2.90. The number of fused-ring (bicyclic) bond motifs is 1. The second-order valence-electron chi connectivity index (χ2n) is 5.05. The molecule has 2 aromatic carbocycles. The highest BCUT2D eigenvalue weighted by atomic mass is 16.7. The molecule has 1 aliphatic rings. The number of para-hydroxylation sites is 1. The maximum Gasteiger partial charge on any atom is 0.118 e. The van der Waals surface area contributed by atoms with Crippen LogP contribution in [0.3, 0.4) is 0 Å². The molecule has 3 rings (SSSR count). The molecule has 1 heterocycles. The summed E-state index contributed by atoms with van der Waals surface area (Å²) in [7, 11) is 3.37. The van der Waals surface area contributed by atoms with Crippen molar-refractivity contribution >= 4 is 17.8 Å². The van der Waals surface area contributed by atoms with Crippen LogP contribution in [0.15, 0.2) is 60.7 Å². The molecule has 1 aliphatic heterocycles. The van der Waals surface area contributed by atoms with Crippen LogP contribution in [-0.2, 0) is 4.84 Å². The summed E-state index contributed by atoms with van der Waals surface area (Å²) in [5.41, 5.74) is 3.37. The van der Waals surface area contributed by atoms with Crippen molar-refractivity contribution in [1.29, 1.82) is 0 Å². The molecule has 0 spiro atoms. The number of nitrogens with zero attached hydrogens (tertiary/aromatic N) is 1. The maximum absolute atomic E-state index is 5.57. The Hall–Kier alpha value is -2.52. The van der Waals surface area contributed by atoms with E-state index in [1.165, 1.54) is 5.56 Å². The number of rotatable bonds is 4. The second kappa shape index (κ2) is 6.50. The summed E-state index contributed by atoms with van der Waals surface area (Å²) in [4.78, 5) is 5.57. The lowest BCUT2D eigenvalue weighted by Crippen LogP contribution is -2.33. The number of methoxy groups -OCH3 is 1. The van der Waals surface area contributed by atoms with Gasteiger partial charge in [0.25, 0.3) is 0 Å². The Labute approximate surface area is 131 Å². The van der Waals surface area contributed by atoms with E-state index in [2.05, 4.69) is 36.4 Å². The summed E-state index contributed by atoms with van der Waals surface area (Å²) in [6.07, 6.45) is 8.48. The minimum atomic E-state index is 0.0713. The first-order valence-corrected chi connectivity index (χ1v) is 7.24. The lowest BCUT2D eigenvalue weighted by Gasteiger charge is -2.31. The first-order chi connectivity index (χ1) is 10.8. The molecule has 1 unspecified atom stereocenters. The van der Waals surface area contributed by atoms with E-state index >= 15 is 0 Å². The van der Waals surface area contributed by atoms with E-state index in [0.717, 1.165) is 17.0 Å². The molecule has 0 bridgehead atoms. The van der Waals surface area contributed by atoms with Crippen molar-refractivity contribution in [3.8, 4) is 5.75 Å². The van der Waals surface area contributed by atoms with E-state index < -0.39 is 0 Å². The van der Waals surface area contributed by atoms with Crippen molar-refractivity contribution in [1.82, 2.24) is 0 Å². The van der Waals surface area contributed by atoms with Gasteiger partial charge < -0.3 is 4.74 Å². The van der Waals surface area contributed by atoms with Crippen molar-refractivity contribution in [2.75, 3.05) is 19.3 Å². The average molecular weight is 293 g/mol. The average Bonchev–Trinajstić information content (AvgIpc) is 2.59. The highest BCUT2D eigenvalue weighted by molar-refractivity contribution is 5.72. The zero-order chi connectivity index (χ0) is 15.4. The molecule has 0 radical (unpaired) electrons. The lowest BCUT2D eigenvalue weighted by molar-refractivity contribution is 0.160. The van der Waals surface area contributed by atoms with Gasteiger partial charge in [-0.15, -0.1) is 0 Å². The Morgan fingerprint density at radius 3 is 2.50 bits per heavy atom. The summed E-state index contributed by atoms with van der Waals surface area (Å²) < 4.78 is 5.17. The minimum absolute atomic E-state index is 0.0713. The van der Waals surface area contributed by atoms with Gasteiger partial charge >= 0.3 is 0 Å². The van der Waals surface area contributed by atoms with Gasteiger partial charge in [-0.25, -0.2) is 5.06 Å². The van der Waals surface area contributed by atoms with Gasteiger partial charge in [0, 0.05) is 0 Å². The van der Waals surface area contributed by atoms with Gasteiger partial charge in [-0.05, 0) is 29.3 Å². The van der Waals surface area contributed by atoms with E-state index in [4.69, 9.17) is 9.57 Å². The van der Waals surface area contributed by atoms with Crippen LogP contribution in [0.25, 0.3) is 12.2 Å². The fraction of sp³-hybridized carbons (Fsp3) is 0.158. The van der Waals surface area contributed by atoms with Crippen LogP contribution in [-0.4, -0.2) is 20.3 Å². The Morgan fingerprint density at radius 1 is 1.00 bits per heavy atom. The summed E-state index contributed by atoms with van der Waals surface area (Å²) in [6, 6.07) is 16.3. The highest BCUT2D eigenvalue weighted by Gasteiger charge is 2.19. The molecule has 22 heavy (non-hydrogen) atoms. The largest absolute Gasteiger partial charge is 0.497 e. The van der Waals surface area contributed by atoms with E-state index in [1.54, 1.807) is 14.2 Å². The third-order valence-electron chi connectivity index (χ3n) is 3.72. The minimum Gasteiger partial charge on any atom is -0.497 e. The number of hydroxylamine groups is 1. The Kier molecular flexibility index (Phi) is 4.26. The standard InChI is InChI=1S/C19H19NO2/c1-21-18-13-8-15(9-14-18)7-11-17-12-10-16-5-3-4-6-19(16)20(17)22-2/h3-14,17H,1-2H3. The van der Waals surface area contributed by atoms with Crippen LogP contribution in [0.1, 0.15) is 11.1 Å². The molecule has 0 amide bonds. The van der Waals surface area contributed by atoms with Gasteiger partial charge in [-0.1, -0.05) is 54.6 Å². The highest BCUT2D eigenvalue weighted by Crippen LogP contribution is 2.29. The number of hydrogen-bond acceptors (Lipinski definition) is 3. The Morgan fingerprint density at radius 2 is 1.77 bits per heavy atom. The number of anilines is 1. The lowest BCUT2D eigenvalue weighted by atomic mass is 10.0. The first-order valence-electron chi connectivity index (χ1n) is 7.24. The van der Waals surface area contributed by atoms with Gasteiger partial charge in [-0.3, -0.25) is 4.84 Å². The summed E-state index contributed by atoms with van der Waals surface area (Å²) in [5.74, 6) is 0.863. The van der Waals surface area contributed by atoms with Crippen LogP contribution < -0.4 is 9.80 Å². The van der Waals surface area contributed by atoms with Gasteiger partial charge in [-0.2, -0.15) is 0 Å². The SMILES string of the molecule is COc1ccc(C=CC2C=Cc3ccccc3N2OC)cc1. The van der Waals surface area contributed by atoms with E-state index in [-0.39, 0.29) is 6.04 Å². The number of hydrogen-bond donors (Lipinski definition) is 0. The van der Waals surface area contributed by atoms with Gasteiger partial charge in [0.2, 0.25) is 0 Å². The van der Waals surface area contributed by atoms with E-state index in [0.29, 0.717) is 0 Å². The predicted octanol–water partition coefficient (Wildman–Crippen LogP) is 4.17. The van der Waals surface area contributed by atoms with Gasteiger partial charge in [0.05, 0.1) is 25.9 Å². The van der Waals surface area contributed by atoms with Crippen molar-refractivity contribution in [2.24, 2.45) is 0 Å². The van der Waals surface area contributed by atoms with Gasteiger partial charge in [0.1, 0.15) is 5.75 Å². The topological polar surface area (TPSA) is 21.7 Å². The zero-order valence-corrected chi connectivity index (χ0v) is 12.8. The van der Waals surface area contributed by atoms with Crippen LogP contribution in [0.5, 0.6) is 5.75 Å². The molecule has 0 saturated carbocycles. The molecule has 0 aromatic heterocycles. The predicted molar refractivity (Wildman–Crippen MR) is 90.8 cm³/mol. The smallest absolute Gasteiger partial charge is 0.118 e. The molecular weight excluding hydrogens is 274 g/mol. The summed E-state index contributed by atoms with van der Waals surface area (Å²) in [6.45, 7) is 0. The quantitative estimate of drug-likeness (QED) is 0.844. The fourth-order valence-electron chi connectivity index (χ4n) is 2.56. The molecule has 1 atom stereocenters. The monoisotopic (exact) mass is 293 g/mol. The normalized spacial score (nSPS) is 16.8. The molecule has 3 nitrogen and oxygen atoms in total. The second-order valence-corrected chi connectivity index (χ2v) is 5.05. The first kappa shape index (κ1) is 14.4. The third-order valence-corrected chi connectivity index (χ3v) is 3.72. The number of ether oxygens (including phenoxy) is 1. The molecule has 112 valence electrons. The Bertz CT molecular complexity index is 689. The molecule has 0 aliphatic carbocycles. The maximum atomic E-state index is 5.57. The summed E-state index contributed by atoms with van der Waals surface area (Å²) >= 11 is 0. The molecule has 3 heteroatoms. The van der Waals surface area contributed by atoms with Crippen LogP contribution in [0.2, 0.25) is 0 Å². The zero-order valence-electron chi connectivity index (χ0n) is 12.8. The molecule has 0 fully saturated rings. The molecule has 0 N–H and O–H groups in total. The summed E-state index contributed by atoms with van der Waals surface area (Å²) in [5, 5.41) is 1.91. The van der Waals surface area contributed by atoms with Crippen molar-refractivity contribution in [3.05, 3.63) is 71.8 Å². The van der Waals surface area contributed by atoms with Crippen molar-refractivity contribution in [2.45, 2.75) is 6.04 Å². The van der Waals surface area contributed by atoms with Crippen molar-refractivity contribution in [3.63, 3.8) is 0 Å². The fourth-order valence-corrected chi connectivity index (χ4v) is 2.56. The van der Waals surface area contributed by atoms with E-state index in [1.807, 2.05) is 41.5 Å². The van der Waals surface area contributed by atoms with Crippen molar-refractivity contribution < 1.29 is 9.57 Å². The van der Waals surface area contributed by atoms with E-state index in [9.17, 15) is 0 Å². The Balaban J connectivity index is 1.81. The molecule has 0 saturated heterocycles. The molecular formula is C19H19NO2. The number of benzene rings is 2.